The molecule has 0 spiro atoms. The molecule has 1 atom stereocenters. The molecule has 0 heterocycles. The summed E-state index contributed by atoms with van der Waals surface area (Å²) < 4.78 is 0. The maximum Gasteiger partial charge on any atom is 0.321 e. The molecular formula is C13H17ClN2O3. The number of nitrogens with one attached hydrogen (secondary N) is 1. The highest BCUT2D eigenvalue weighted by Crippen LogP contribution is 2.14. The van der Waals surface area contributed by atoms with E-state index in [1.807, 2.05) is 0 Å². The Morgan fingerprint density at radius 1 is 1.37 bits per heavy atom. The van der Waals surface area contributed by atoms with Crippen molar-refractivity contribution in [2.24, 2.45) is 5.92 Å². The minimum atomic E-state index is -0.919. The highest BCUT2D eigenvalue weighted by Gasteiger charge is 2.19. The van der Waals surface area contributed by atoms with Crippen LogP contribution in [0.2, 0.25) is 5.02 Å². The van der Waals surface area contributed by atoms with E-state index in [1.54, 1.807) is 38.1 Å². The fraction of sp³-hybridized carbons (Fsp3) is 0.385. The third-order valence-electron chi connectivity index (χ3n) is 2.68. The number of carboxylic acids is 1. The third kappa shape index (κ3) is 4.79. The van der Waals surface area contributed by atoms with E-state index in [1.165, 1.54) is 4.90 Å². The molecule has 2 amide bonds. The largest absolute Gasteiger partial charge is 0.481 e. The Bertz CT molecular complexity index is 448. The summed E-state index contributed by atoms with van der Waals surface area (Å²) in [4.78, 5) is 24.2. The van der Waals surface area contributed by atoms with Gasteiger partial charge in [0, 0.05) is 23.8 Å². The lowest BCUT2D eigenvalue weighted by Gasteiger charge is -2.23. The second-order valence-electron chi connectivity index (χ2n) is 4.21. The number of hydrogen-bond acceptors (Lipinski definition) is 2. The average Bonchev–Trinajstić information content (AvgIpc) is 2.38. The summed E-state index contributed by atoms with van der Waals surface area (Å²) in [5.41, 5.74) is 0.621. The summed E-state index contributed by atoms with van der Waals surface area (Å²) in [6.07, 6.45) is 0. The van der Waals surface area contributed by atoms with Crippen LogP contribution in [-0.4, -0.2) is 35.1 Å². The first-order chi connectivity index (χ1) is 8.93. The molecule has 0 aliphatic carbocycles. The fourth-order valence-corrected chi connectivity index (χ4v) is 1.63. The average molecular weight is 285 g/mol. The van der Waals surface area contributed by atoms with Crippen LogP contribution < -0.4 is 5.32 Å². The number of rotatable bonds is 5. The van der Waals surface area contributed by atoms with E-state index < -0.39 is 11.9 Å². The molecule has 0 aliphatic rings. The lowest BCUT2D eigenvalue weighted by molar-refractivity contribution is -0.141. The van der Waals surface area contributed by atoms with Crippen molar-refractivity contribution in [1.82, 2.24) is 4.90 Å². The van der Waals surface area contributed by atoms with Crippen LogP contribution in [0, 0.1) is 5.92 Å². The normalized spacial score (nSPS) is 11.7. The Hall–Kier alpha value is -1.75. The smallest absolute Gasteiger partial charge is 0.321 e. The lowest BCUT2D eigenvalue weighted by Crippen LogP contribution is -2.39. The van der Waals surface area contributed by atoms with Crippen molar-refractivity contribution < 1.29 is 14.7 Å². The number of halogens is 1. The summed E-state index contributed by atoms with van der Waals surface area (Å²) in [5.74, 6) is -1.52. The van der Waals surface area contributed by atoms with Crippen molar-refractivity contribution in [3.05, 3.63) is 29.3 Å². The number of hydrogen-bond donors (Lipinski definition) is 2. The summed E-state index contributed by atoms with van der Waals surface area (Å²) in [6.45, 7) is 3.98. The Labute approximate surface area is 117 Å². The molecular weight excluding hydrogens is 268 g/mol. The Kier molecular flexibility index (Phi) is 5.63. The van der Waals surface area contributed by atoms with Gasteiger partial charge in [0.1, 0.15) is 0 Å². The van der Waals surface area contributed by atoms with Gasteiger partial charge >= 0.3 is 12.0 Å². The summed E-state index contributed by atoms with van der Waals surface area (Å²) in [5, 5.41) is 12.1. The maximum absolute atomic E-state index is 12.0. The van der Waals surface area contributed by atoms with Gasteiger partial charge in [-0.3, -0.25) is 4.79 Å². The molecule has 2 N–H and O–H groups in total. The van der Waals surface area contributed by atoms with Crippen LogP contribution in [-0.2, 0) is 4.79 Å². The fourth-order valence-electron chi connectivity index (χ4n) is 1.50. The van der Waals surface area contributed by atoms with E-state index in [0.29, 0.717) is 17.3 Å². The monoisotopic (exact) mass is 284 g/mol. The van der Waals surface area contributed by atoms with Gasteiger partial charge in [-0.25, -0.2) is 4.79 Å². The van der Waals surface area contributed by atoms with Crippen LogP contribution in [0.3, 0.4) is 0 Å². The molecule has 5 nitrogen and oxygen atoms in total. The van der Waals surface area contributed by atoms with Crippen molar-refractivity contribution in [1.29, 1.82) is 0 Å². The quantitative estimate of drug-likeness (QED) is 0.873. The first-order valence-electron chi connectivity index (χ1n) is 5.98. The molecule has 0 aliphatic heterocycles. The number of amides is 2. The highest BCUT2D eigenvalue weighted by molar-refractivity contribution is 6.30. The molecule has 1 aromatic carbocycles. The molecule has 0 saturated heterocycles. The molecule has 0 fully saturated rings. The molecule has 0 saturated carbocycles. The van der Waals surface area contributed by atoms with Gasteiger partial charge in [0.05, 0.1) is 5.92 Å². The van der Waals surface area contributed by atoms with Crippen LogP contribution in [0.1, 0.15) is 13.8 Å². The summed E-state index contributed by atoms with van der Waals surface area (Å²) in [6, 6.07) is 6.40. The first kappa shape index (κ1) is 15.3. The zero-order valence-corrected chi connectivity index (χ0v) is 11.6. The van der Waals surface area contributed by atoms with E-state index in [2.05, 4.69) is 5.32 Å². The van der Waals surface area contributed by atoms with Crippen molar-refractivity contribution in [2.75, 3.05) is 18.4 Å². The van der Waals surface area contributed by atoms with Crippen LogP contribution >= 0.6 is 11.6 Å². The Morgan fingerprint density at radius 2 is 1.95 bits per heavy atom. The van der Waals surface area contributed by atoms with E-state index in [0.717, 1.165) is 0 Å². The molecule has 0 aromatic heterocycles. The number of urea groups is 1. The SMILES string of the molecule is CCN(CC(C)C(=O)O)C(=O)Nc1ccc(Cl)cc1. The molecule has 1 rings (SSSR count). The molecule has 0 bridgehead atoms. The van der Waals surface area contributed by atoms with Crippen LogP contribution in [0.15, 0.2) is 24.3 Å². The van der Waals surface area contributed by atoms with Gasteiger partial charge in [-0.2, -0.15) is 0 Å². The lowest BCUT2D eigenvalue weighted by atomic mass is 10.2. The Morgan fingerprint density at radius 3 is 2.42 bits per heavy atom. The Balaban J connectivity index is 2.63. The number of carboxylic acid groups (broad SMARTS) is 1. The summed E-state index contributed by atoms with van der Waals surface area (Å²) >= 11 is 5.75. The van der Waals surface area contributed by atoms with Crippen molar-refractivity contribution in [2.45, 2.75) is 13.8 Å². The topological polar surface area (TPSA) is 69.6 Å². The number of carbonyl (C=O) groups is 2. The van der Waals surface area contributed by atoms with Crippen molar-refractivity contribution in [3.63, 3.8) is 0 Å². The standard InChI is InChI=1S/C13H17ClN2O3/c1-3-16(8-9(2)12(17)18)13(19)15-11-6-4-10(14)5-7-11/h4-7,9H,3,8H2,1-2H3,(H,15,19)(H,17,18). The molecule has 104 valence electrons. The van der Waals surface area contributed by atoms with E-state index in [-0.39, 0.29) is 12.6 Å². The third-order valence-corrected chi connectivity index (χ3v) is 2.93. The van der Waals surface area contributed by atoms with Gasteiger partial charge in [-0.15, -0.1) is 0 Å². The predicted octanol–water partition coefficient (Wildman–Crippen LogP) is 2.91. The zero-order valence-electron chi connectivity index (χ0n) is 10.9. The number of carbonyl (C=O) groups excluding carboxylic acids is 1. The summed E-state index contributed by atoms with van der Waals surface area (Å²) in [7, 11) is 0. The van der Waals surface area contributed by atoms with Gasteiger partial charge in [0.25, 0.3) is 0 Å². The number of nitrogens with zero attached hydrogens (tertiary/aromatic N) is 1. The second kappa shape index (κ2) is 6.99. The van der Waals surface area contributed by atoms with Crippen LogP contribution in [0.5, 0.6) is 0 Å². The van der Waals surface area contributed by atoms with Crippen LogP contribution in [0.4, 0.5) is 10.5 Å². The number of aliphatic carboxylic acids is 1. The minimum absolute atomic E-state index is 0.172. The second-order valence-corrected chi connectivity index (χ2v) is 4.65. The van der Waals surface area contributed by atoms with E-state index in [4.69, 9.17) is 16.7 Å². The number of benzene rings is 1. The molecule has 6 heteroatoms. The van der Waals surface area contributed by atoms with E-state index >= 15 is 0 Å². The zero-order chi connectivity index (χ0) is 14.4. The van der Waals surface area contributed by atoms with Crippen molar-refractivity contribution in [3.8, 4) is 0 Å². The van der Waals surface area contributed by atoms with E-state index in [9.17, 15) is 9.59 Å². The highest BCUT2D eigenvalue weighted by atomic mass is 35.5. The first-order valence-corrected chi connectivity index (χ1v) is 6.36. The van der Waals surface area contributed by atoms with Gasteiger partial charge in [-0.05, 0) is 31.2 Å². The predicted molar refractivity (Wildman–Crippen MR) is 74.5 cm³/mol. The number of anilines is 1. The van der Waals surface area contributed by atoms with Crippen molar-refractivity contribution >= 4 is 29.3 Å². The molecule has 1 aromatic rings. The van der Waals surface area contributed by atoms with Gasteiger partial charge in [-0.1, -0.05) is 18.5 Å². The molecule has 0 radical (unpaired) electrons. The van der Waals surface area contributed by atoms with Gasteiger partial charge in [0.2, 0.25) is 0 Å². The van der Waals surface area contributed by atoms with Gasteiger partial charge in [0.15, 0.2) is 0 Å². The maximum atomic E-state index is 12.0. The van der Waals surface area contributed by atoms with Gasteiger partial charge < -0.3 is 15.3 Å². The minimum Gasteiger partial charge on any atom is -0.481 e. The van der Waals surface area contributed by atoms with Crippen LogP contribution in [0.25, 0.3) is 0 Å². The molecule has 1 unspecified atom stereocenters. The molecule has 19 heavy (non-hydrogen) atoms.